The van der Waals surface area contributed by atoms with Gasteiger partial charge in [-0.1, -0.05) is 44.9 Å². The number of nitrogens with two attached hydrogens (primary N) is 1. The number of rotatable bonds is 6. The van der Waals surface area contributed by atoms with Crippen LogP contribution in [0.25, 0.3) is 0 Å². The highest BCUT2D eigenvalue weighted by atomic mass is 15.1. The molecular formula is C17H28N2. The van der Waals surface area contributed by atoms with Gasteiger partial charge in [0.2, 0.25) is 0 Å². The highest BCUT2D eigenvalue weighted by Gasteiger charge is 2.37. The molecule has 0 heterocycles. The Labute approximate surface area is 118 Å². The molecule has 0 saturated heterocycles. The Morgan fingerprint density at radius 2 is 2.05 bits per heavy atom. The number of hydrogen-bond donors (Lipinski definition) is 1. The van der Waals surface area contributed by atoms with Crippen molar-refractivity contribution in [1.29, 1.82) is 0 Å². The number of benzene rings is 1. The van der Waals surface area contributed by atoms with Crippen LogP contribution >= 0.6 is 0 Å². The molecule has 2 nitrogen and oxygen atoms in total. The van der Waals surface area contributed by atoms with Gasteiger partial charge in [-0.05, 0) is 31.4 Å². The van der Waals surface area contributed by atoms with E-state index in [-0.39, 0.29) is 5.41 Å². The standard InChI is InChI=1S/C17H28N2/c1-3-4-13-19(15-9-6-5-7-10-15)14-17(2)12-8-11-16(17)18/h5-7,9-10,16H,3-4,8,11-14,18H2,1-2H3. The minimum Gasteiger partial charge on any atom is -0.371 e. The molecule has 1 aliphatic rings. The molecule has 19 heavy (non-hydrogen) atoms. The van der Waals surface area contributed by atoms with Crippen LogP contribution in [0.2, 0.25) is 0 Å². The van der Waals surface area contributed by atoms with Crippen LogP contribution in [0, 0.1) is 5.41 Å². The number of unbranched alkanes of at least 4 members (excludes halogenated alkanes) is 1. The maximum absolute atomic E-state index is 6.34. The molecule has 0 radical (unpaired) electrons. The molecule has 1 aromatic carbocycles. The fourth-order valence-electron chi connectivity index (χ4n) is 3.18. The lowest BCUT2D eigenvalue weighted by Crippen LogP contribution is -2.44. The molecule has 2 rings (SSSR count). The van der Waals surface area contributed by atoms with Gasteiger partial charge < -0.3 is 10.6 Å². The van der Waals surface area contributed by atoms with Crippen LogP contribution in [0.1, 0.15) is 46.0 Å². The Kier molecular flexibility index (Phi) is 4.87. The van der Waals surface area contributed by atoms with Crippen LogP contribution in [0.3, 0.4) is 0 Å². The molecule has 0 bridgehead atoms. The first-order valence-corrected chi connectivity index (χ1v) is 7.71. The van der Waals surface area contributed by atoms with E-state index in [1.165, 1.54) is 37.8 Å². The third kappa shape index (κ3) is 3.50. The third-order valence-corrected chi connectivity index (χ3v) is 4.61. The summed E-state index contributed by atoms with van der Waals surface area (Å²) >= 11 is 0. The Morgan fingerprint density at radius 3 is 2.63 bits per heavy atom. The van der Waals surface area contributed by atoms with E-state index >= 15 is 0 Å². The van der Waals surface area contributed by atoms with Crippen molar-refractivity contribution in [3.8, 4) is 0 Å². The molecule has 1 saturated carbocycles. The summed E-state index contributed by atoms with van der Waals surface area (Å²) in [6, 6.07) is 11.2. The molecule has 106 valence electrons. The average Bonchev–Trinajstić information content (AvgIpc) is 2.76. The zero-order valence-corrected chi connectivity index (χ0v) is 12.4. The number of nitrogens with zero attached hydrogens (tertiary/aromatic N) is 1. The van der Waals surface area contributed by atoms with E-state index in [9.17, 15) is 0 Å². The zero-order chi connectivity index (χ0) is 13.7. The molecule has 2 heteroatoms. The predicted octanol–water partition coefficient (Wildman–Crippen LogP) is 3.81. The summed E-state index contributed by atoms with van der Waals surface area (Å²) < 4.78 is 0. The second-order valence-corrected chi connectivity index (χ2v) is 6.26. The molecule has 0 spiro atoms. The monoisotopic (exact) mass is 260 g/mol. The normalized spacial score (nSPS) is 26.6. The van der Waals surface area contributed by atoms with Crippen LogP contribution in [0.4, 0.5) is 5.69 Å². The summed E-state index contributed by atoms with van der Waals surface area (Å²) in [5.41, 5.74) is 7.97. The maximum atomic E-state index is 6.34. The second-order valence-electron chi connectivity index (χ2n) is 6.26. The molecule has 1 aliphatic carbocycles. The quantitative estimate of drug-likeness (QED) is 0.842. The minimum absolute atomic E-state index is 0.281. The van der Waals surface area contributed by atoms with Crippen molar-refractivity contribution >= 4 is 5.69 Å². The summed E-state index contributed by atoms with van der Waals surface area (Å²) in [5, 5.41) is 0. The SMILES string of the molecule is CCCCN(CC1(C)CCCC1N)c1ccccc1. The summed E-state index contributed by atoms with van der Waals surface area (Å²) in [6.45, 7) is 6.86. The zero-order valence-electron chi connectivity index (χ0n) is 12.4. The van der Waals surface area contributed by atoms with E-state index in [2.05, 4.69) is 49.1 Å². The highest BCUT2D eigenvalue weighted by molar-refractivity contribution is 5.46. The van der Waals surface area contributed by atoms with E-state index < -0.39 is 0 Å². The first kappa shape index (κ1) is 14.4. The lowest BCUT2D eigenvalue weighted by Gasteiger charge is -2.37. The van der Waals surface area contributed by atoms with Gasteiger partial charge in [0.1, 0.15) is 0 Å². The number of hydrogen-bond acceptors (Lipinski definition) is 2. The van der Waals surface area contributed by atoms with Crippen molar-refractivity contribution in [2.24, 2.45) is 11.1 Å². The Morgan fingerprint density at radius 1 is 1.32 bits per heavy atom. The summed E-state index contributed by atoms with van der Waals surface area (Å²) in [6.07, 6.45) is 6.23. The van der Waals surface area contributed by atoms with Crippen molar-refractivity contribution in [3.05, 3.63) is 30.3 Å². The first-order valence-electron chi connectivity index (χ1n) is 7.71. The van der Waals surface area contributed by atoms with Crippen molar-refractivity contribution in [3.63, 3.8) is 0 Å². The molecule has 1 aromatic rings. The molecule has 2 unspecified atom stereocenters. The van der Waals surface area contributed by atoms with E-state index in [0.29, 0.717) is 6.04 Å². The van der Waals surface area contributed by atoms with Gasteiger partial charge in [0.05, 0.1) is 0 Å². The van der Waals surface area contributed by atoms with E-state index in [0.717, 1.165) is 13.1 Å². The van der Waals surface area contributed by atoms with Crippen LogP contribution in [0.5, 0.6) is 0 Å². The third-order valence-electron chi connectivity index (χ3n) is 4.61. The van der Waals surface area contributed by atoms with Crippen LogP contribution in [-0.2, 0) is 0 Å². The van der Waals surface area contributed by atoms with Crippen LogP contribution in [0.15, 0.2) is 30.3 Å². The van der Waals surface area contributed by atoms with Gasteiger partial charge in [0, 0.05) is 30.2 Å². The Bertz CT molecular complexity index is 376. The summed E-state index contributed by atoms with van der Waals surface area (Å²) in [4.78, 5) is 2.54. The second kappa shape index (κ2) is 6.42. The molecule has 2 atom stereocenters. The largest absolute Gasteiger partial charge is 0.371 e. The molecule has 2 N–H and O–H groups in total. The fourth-order valence-corrected chi connectivity index (χ4v) is 3.18. The topological polar surface area (TPSA) is 29.3 Å². The molecular weight excluding hydrogens is 232 g/mol. The van der Waals surface area contributed by atoms with Crippen LogP contribution in [-0.4, -0.2) is 19.1 Å². The van der Waals surface area contributed by atoms with E-state index in [1.54, 1.807) is 0 Å². The fraction of sp³-hybridized carbons (Fsp3) is 0.647. The Balaban J connectivity index is 2.10. The van der Waals surface area contributed by atoms with E-state index in [4.69, 9.17) is 5.73 Å². The van der Waals surface area contributed by atoms with E-state index in [1.807, 2.05) is 0 Å². The smallest absolute Gasteiger partial charge is 0.0366 e. The average molecular weight is 260 g/mol. The lowest BCUT2D eigenvalue weighted by atomic mass is 9.84. The van der Waals surface area contributed by atoms with Gasteiger partial charge in [-0.25, -0.2) is 0 Å². The summed E-state index contributed by atoms with van der Waals surface area (Å²) in [7, 11) is 0. The predicted molar refractivity (Wildman–Crippen MR) is 83.5 cm³/mol. The van der Waals surface area contributed by atoms with Gasteiger partial charge in [-0.15, -0.1) is 0 Å². The van der Waals surface area contributed by atoms with Crippen molar-refractivity contribution in [1.82, 2.24) is 0 Å². The molecule has 0 aliphatic heterocycles. The highest BCUT2D eigenvalue weighted by Crippen LogP contribution is 2.38. The number of anilines is 1. The Hall–Kier alpha value is -1.02. The van der Waals surface area contributed by atoms with Gasteiger partial charge in [0.15, 0.2) is 0 Å². The van der Waals surface area contributed by atoms with Gasteiger partial charge in [0.25, 0.3) is 0 Å². The van der Waals surface area contributed by atoms with Gasteiger partial charge >= 0.3 is 0 Å². The lowest BCUT2D eigenvalue weighted by molar-refractivity contribution is 0.296. The molecule has 1 fully saturated rings. The van der Waals surface area contributed by atoms with Gasteiger partial charge in [-0.2, -0.15) is 0 Å². The van der Waals surface area contributed by atoms with Crippen molar-refractivity contribution < 1.29 is 0 Å². The summed E-state index contributed by atoms with van der Waals surface area (Å²) in [5.74, 6) is 0. The van der Waals surface area contributed by atoms with Gasteiger partial charge in [-0.3, -0.25) is 0 Å². The van der Waals surface area contributed by atoms with Crippen molar-refractivity contribution in [2.45, 2.75) is 52.0 Å². The van der Waals surface area contributed by atoms with Crippen LogP contribution < -0.4 is 10.6 Å². The number of para-hydroxylation sites is 1. The first-order chi connectivity index (χ1) is 9.15. The molecule has 0 amide bonds. The minimum atomic E-state index is 0.281. The maximum Gasteiger partial charge on any atom is 0.0366 e. The molecule has 0 aromatic heterocycles. The van der Waals surface area contributed by atoms with Crippen molar-refractivity contribution in [2.75, 3.05) is 18.0 Å².